The van der Waals surface area contributed by atoms with Gasteiger partial charge >= 0.3 is 5.97 Å². The van der Waals surface area contributed by atoms with E-state index in [-0.39, 0.29) is 12.8 Å². The fraction of sp³-hybridized carbons (Fsp3) is 0.333. The molecule has 0 saturated carbocycles. The van der Waals surface area contributed by atoms with E-state index >= 15 is 0 Å². The summed E-state index contributed by atoms with van der Waals surface area (Å²) in [5, 5.41) is 15.3. The molecule has 2 aromatic carbocycles. The molecule has 2 fully saturated rings. The number of rotatable bonds is 4. The molecule has 8 heteroatoms. The molecular weight excluding hydrogens is 410 g/mol. The van der Waals surface area contributed by atoms with Crippen molar-refractivity contribution in [3.8, 4) is 0 Å². The number of hydrogen-bond acceptors (Lipinski definition) is 5. The van der Waals surface area contributed by atoms with Crippen LogP contribution in [-0.4, -0.2) is 34.8 Å². The van der Waals surface area contributed by atoms with E-state index < -0.39 is 47.1 Å². The number of nitrogens with one attached hydrogen (secondary N) is 2. The Morgan fingerprint density at radius 2 is 1.72 bits per heavy atom. The Balaban J connectivity index is 1.67. The molecule has 0 aromatic heterocycles. The Kier molecular flexibility index (Phi) is 4.46. The number of imide groups is 1. The van der Waals surface area contributed by atoms with Gasteiger partial charge in [-0.15, -0.1) is 0 Å². The standard InChI is InChI=1S/C24H23N3O5/c1-12-6-5-7-13(2)20(12)27-21(30)18-16(10-11-17(28)29)26-24(19(18)22(27)31)14-8-3-4-9-15(14)25-23(24)32/h3-9,16,18-19,26H,10-11H2,1-2H3,(H,25,32)(H,28,29)/t16-,18-,19-,24-/m0/s1. The van der Waals surface area contributed by atoms with Crippen LogP contribution >= 0.6 is 0 Å². The second kappa shape index (κ2) is 7.00. The molecule has 8 nitrogen and oxygen atoms in total. The molecule has 5 rings (SSSR count). The fourth-order valence-corrected chi connectivity index (χ4v) is 5.66. The molecule has 3 aliphatic heterocycles. The van der Waals surface area contributed by atoms with Gasteiger partial charge in [-0.3, -0.25) is 24.5 Å². The smallest absolute Gasteiger partial charge is 0.303 e. The van der Waals surface area contributed by atoms with Gasteiger partial charge in [0.25, 0.3) is 0 Å². The summed E-state index contributed by atoms with van der Waals surface area (Å²) in [5.41, 5.74) is 1.90. The van der Waals surface area contributed by atoms with Gasteiger partial charge in [-0.2, -0.15) is 0 Å². The largest absolute Gasteiger partial charge is 0.481 e. The zero-order chi connectivity index (χ0) is 22.8. The maximum Gasteiger partial charge on any atom is 0.303 e. The molecule has 164 valence electrons. The highest BCUT2D eigenvalue weighted by Crippen LogP contribution is 2.54. The van der Waals surface area contributed by atoms with Crippen molar-refractivity contribution in [2.45, 2.75) is 38.3 Å². The van der Waals surface area contributed by atoms with E-state index in [4.69, 9.17) is 0 Å². The molecule has 3 N–H and O–H groups in total. The number of nitrogens with zero attached hydrogens (tertiary/aromatic N) is 1. The number of carbonyl (C=O) groups is 4. The molecule has 0 unspecified atom stereocenters. The molecule has 3 aliphatic rings. The molecule has 1 spiro atoms. The Bertz CT molecular complexity index is 1170. The predicted molar refractivity (Wildman–Crippen MR) is 116 cm³/mol. The second-order valence-electron chi connectivity index (χ2n) is 8.75. The lowest BCUT2D eigenvalue weighted by atomic mass is 9.76. The summed E-state index contributed by atoms with van der Waals surface area (Å²) < 4.78 is 0. The number of aryl methyl sites for hydroxylation is 2. The molecule has 0 bridgehead atoms. The highest BCUT2D eigenvalue weighted by molar-refractivity contribution is 6.26. The zero-order valence-corrected chi connectivity index (χ0v) is 17.7. The Hall–Kier alpha value is -3.52. The van der Waals surface area contributed by atoms with Crippen molar-refractivity contribution >= 4 is 35.1 Å². The average molecular weight is 433 g/mol. The zero-order valence-electron chi connectivity index (χ0n) is 17.7. The monoisotopic (exact) mass is 433 g/mol. The topological polar surface area (TPSA) is 116 Å². The van der Waals surface area contributed by atoms with Gasteiger partial charge in [0.05, 0.1) is 17.5 Å². The summed E-state index contributed by atoms with van der Waals surface area (Å²) in [7, 11) is 0. The van der Waals surface area contributed by atoms with Crippen molar-refractivity contribution in [3.05, 3.63) is 59.2 Å². The average Bonchev–Trinajstić information content (AvgIpc) is 3.32. The molecule has 3 heterocycles. The quantitative estimate of drug-likeness (QED) is 0.636. The minimum Gasteiger partial charge on any atom is -0.481 e. The van der Waals surface area contributed by atoms with E-state index in [2.05, 4.69) is 10.6 Å². The lowest BCUT2D eigenvalue weighted by Gasteiger charge is -2.30. The number of anilines is 2. The van der Waals surface area contributed by atoms with Crippen LogP contribution in [0.25, 0.3) is 0 Å². The van der Waals surface area contributed by atoms with Crippen LogP contribution in [-0.2, 0) is 24.7 Å². The number of carboxylic acids is 1. The van der Waals surface area contributed by atoms with Gasteiger partial charge in [-0.25, -0.2) is 4.90 Å². The lowest BCUT2D eigenvalue weighted by molar-refractivity contribution is -0.137. The molecule has 2 aromatic rings. The van der Waals surface area contributed by atoms with Crippen molar-refractivity contribution in [1.29, 1.82) is 0 Å². The van der Waals surface area contributed by atoms with E-state index in [1.807, 2.05) is 32.0 Å². The molecule has 0 radical (unpaired) electrons. The van der Waals surface area contributed by atoms with Crippen molar-refractivity contribution in [1.82, 2.24) is 5.32 Å². The van der Waals surface area contributed by atoms with Crippen LogP contribution in [0.5, 0.6) is 0 Å². The minimum absolute atomic E-state index is 0.132. The van der Waals surface area contributed by atoms with Crippen molar-refractivity contribution < 1.29 is 24.3 Å². The van der Waals surface area contributed by atoms with Crippen LogP contribution in [0.4, 0.5) is 11.4 Å². The van der Waals surface area contributed by atoms with E-state index in [0.29, 0.717) is 16.9 Å². The SMILES string of the molecule is Cc1cccc(C)c1N1C(=O)[C@H]2[C@H](CCC(=O)O)N[C@]3(C(=O)Nc4ccccc43)[C@@H]2C1=O. The number of fused-ring (bicyclic) bond motifs is 4. The fourth-order valence-electron chi connectivity index (χ4n) is 5.66. The van der Waals surface area contributed by atoms with Crippen molar-refractivity contribution in [2.75, 3.05) is 10.2 Å². The number of hydrogen-bond donors (Lipinski definition) is 3. The van der Waals surface area contributed by atoms with Gasteiger partial charge in [-0.05, 0) is 37.5 Å². The number of aliphatic carboxylic acids is 1. The summed E-state index contributed by atoms with van der Waals surface area (Å²) in [6.45, 7) is 3.68. The Labute approximate surface area is 184 Å². The highest BCUT2D eigenvalue weighted by Gasteiger charge is 2.70. The van der Waals surface area contributed by atoms with Crippen LogP contribution in [0.15, 0.2) is 42.5 Å². The molecule has 4 atom stereocenters. The van der Waals surface area contributed by atoms with E-state index in [1.165, 1.54) is 4.90 Å². The van der Waals surface area contributed by atoms with E-state index in [0.717, 1.165) is 11.1 Å². The summed E-state index contributed by atoms with van der Waals surface area (Å²) in [6.07, 6.45) is -0.0432. The van der Waals surface area contributed by atoms with Crippen LogP contribution in [0.1, 0.15) is 29.5 Å². The third-order valence-corrected chi connectivity index (χ3v) is 6.95. The van der Waals surface area contributed by atoms with Crippen LogP contribution in [0.2, 0.25) is 0 Å². The van der Waals surface area contributed by atoms with Crippen molar-refractivity contribution in [2.24, 2.45) is 11.8 Å². The Morgan fingerprint density at radius 3 is 2.41 bits per heavy atom. The Morgan fingerprint density at radius 1 is 1.03 bits per heavy atom. The summed E-state index contributed by atoms with van der Waals surface area (Å²) in [6, 6.07) is 12.0. The molecule has 2 saturated heterocycles. The van der Waals surface area contributed by atoms with Gasteiger partial charge in [0.1, 0.15) is 5.54 Å². The third-order valence-electron chi connectivity index (χ3n) is 6.95. The van der Waals surface area contributed by atoms with Gasteiger partial charge in [0, 0.05) is 23.7 Å². The van der Waals surface area contributed by atoms with E-state index in [1.54, 1.807) is 24.3 Å². The lowest BCUT2D eigenvalue weighted by Crippen LogP contribution is -2.53. The second-order valence-corrected chi connectivity index (χ2v) is 8.75. The number of para-hydroxylation sites is 2. The first-order chi connectivity index (χ1) is 15.3. The number of amides is 3. The third kappa shape index (κ3) is 2.59. The normalized spacial score (nSPS) is 28.2. The van der Waals surface area contributed by atoms with Crippen LogP contribution in [0, 0.1) is 25.7 Å². The van der Waals surface area contributed by atoms with Gasteiger partial charge in [0.2, 0.25) is 17.7 Å². The first-order valence-corrected chi connectivity index (χ1v) is 10.6. The van der Waals surface area contributed by atoms with Crippen molar-refractivity contribution in [3.63, 3.8) is 0 Å². The molecule has 0 aliphatic carbocycles. The highest BCUT2D eigenvalue weighted by atomic mass is 16.4. The minimum atomic E-state index is -1.41. The van der Waals surface area contributed by atoms with Crippen LogP contribution < -0.4 is 15.5 Å². The molecule has 32 heavy (non-hydrogen) atoms. The predicted octanol–water partition coefficient (Wildman–Crippen LogP) is 2.09. The number of carboxylic acid groups (broad SMARTS) is 1. The number of benzene rings is 2. The maximum atomic E-state index is 13.9. The molecule has 3 amide bonds. The summed E-state index contributed by atoms with van der Waals surface area (Å²) in [5.74, 6) is -4.02. The first kappa shape index (κ1) is 20.4. The summed E-state index contributed by atoms with van der Waals surface area (Å²) >= 11 is 0. The summed E-state index contributed by atoms with van der Waals surface area (Å²) in [4.78, 5) is 53.4. The first-order valence-electron chi connectivity index (χ1n) is 10.6. The van der Waals surface area contributed by atoms with Gasteiger partial charge in [0.15, 0.2) is 0 Å². The maximum absolute atomic E-state index is 13.9. The van der Waals surface area contributed by atoms with Gasteiger partial charge in [-0.1, -0.05) is 36.4 Å². The number of carbonyl (C=O) groups excluding carboxylic acids is 3. The van der Waals surface area contributed by atoms with E-state index in [9.17, 15) is 24.3 Å². The van der Waals surface area contributed by atoms with Gasteiger partial charge < -0.3 is 10.4 Å². The van der Waals surface area contributed by atoms with Crippen LogP contribution in [0.3, 0.4) is 0 Å². The molecular formula is C24H23N3O5.